The molecule has 0 radical (unpaired) electrons. The lowest BCUT2D eigenvalue weighted by Crippen LogP contribution is -2.42. The van der Waals surface area contributed by atoms with E-state index in [1.54, 1.807) is 0 Å². The van der Waals surface area contributed by atoms with Crippen LogP contribution in [0.25, 0.3) is 0 Å². The smallest absolute Gasteiger partial charge is 0.403 e. The molecule has 8 heteroatoms. The number of aliphatic carboxylic acids is 1. The van der Waals surface area contributed by atoms with E-state index in [1.807, 2.05) is 0 Å². The number of amides is 1. The van der Waals surface area contributed by atoms with Crippen molar-refractivity contribution in [2.75, 3.05) is 13.1 Å². The van der Waals surface area contributed by atoms with Gasteiger partial charge < -0.3 is 15.7 Å². The fourth-order valence-electron chi connectivity index (χ4n) is 1.18. The van der Waals surface area contributed by atoms with Gasteiger partial charge in [-0.1, -0.05) is 0 Å². The Morgan fingerprint density at radius 3 is 2.35 bits per heavy atom. The van der Waals surface area contributed by atoms with Gasteiger partial charge in [0.25, 0.3) is 0 Å². The van der Waals surface area contributed by atoms with Crippen LogP contribution in [-0.4, -0.2) is 42.3 Å². The van der Waals surface area contributed by atoms with Crippen LogP contribution in [0.15, 0.2) is 0 Å². The van der Waals surface area contributed by atoms with Crippen LogP contribution in [0.2, 0.25) is 0 Å². The Bertz CT molecular complexity index is 302. The molecule has 17 heavy (non-hydrogen) atoms. The summed E-state index contributed by atoms with van der Waals surface area (Å²) in [7, 11) is 0. The number of rotatable bonds is 6. The summed E-state index contributed by atoms with van der Waals surface area (Å²) in [5.41, 5.74) is 0. The molecular weight excluding hydrogens is 241 g/mol. The summed E-state index contributed by atoms with van der Waals surface area (Å²) in [4.78, 5) is 21.4. The van der Waals surface area contributed by atoms with Gasteiger partial charge in [-0.15, -0.1) is 0 Å². The second kappa shape index (κ2) is 5.35. The molecule has 1 rings (SSSR count). The molecule has 0 aromatic rings. The van der Waals surface area contributed by atoms with E-state index in [1.165, 1.54) is 0 Å². The maximum atomic E-state index is 12.2. The molecule has 0 heterocycles. The minimum Gasteiger partial charge on any atom is -0.481 e. The zero-order valence-electron chi connectivity index (χ0n) is 8.88. The minimum absolute atomic E-state index is 0.127. The second-order valence-electron chi connectivity index (χ2n) is 3.91. The van der Waals surface area contributed by atoms with Crippen molar-refractivity contribution in [2.24, 2.45) is 5.92 Å². The Balaban J connectivity index is 2.26. The van der Waals surface area contributed by atoms with Gasteiger partial charge in [-0.25, -0.2) is 0 Å². The highest BCUT2D eigenvalue weighted by atomic mass is 19.4. The Hall–Kier alpha value is -1.31. The summed E-state index contributed by atoms with van der Waals surface area (Å²) in [6, 6.07) is 0.127. The second-order valence-corrected chi connectivity index (χ2v) is 3.91. The molecule has 1 fully saturated rings. The average Bonchev–Trinajstić information content (AvgIpc) is 2.93. The van der Waals surface area contributed by atoms with Crippen molar-refractivity contribution < 1.29 is 27.9 Å². The zero-order valence-corrected chi connectivity index (χ0v) is 8.88. The first kappa shape index (κ1) is 13.8. The van der Waals surface area contributed by atoms with Crippen molar-refractivity contribution in [1.29, 1.82) is 0 Å². The summed E-state index contributed by atoms with van der Waals surface area (Å²) in [5.74, 6) is -4.86. The molecule has 1 unspecified atom stereocenters. The predicted molar refractivity (Wildman–Crippen MR) is 51.2 cm³/mol. The topological polar surface area (TPSA) is 78.4 Å². The van der Waals surface area contributed by atoms with Gasteiger partial charge in [0.05, 0.1) is 6.54 Å². The molecule has 98 valence electrons. The molecule has 5 nitrogen and oxygen atoms in total. The number of halogens is 3. The van der Waals surface area contributed by atoms with Crippen LogP contribution in [0.1, 0.15) is 12.8 Å². The third kappa shape index (κ3) is 5.03. The highest BCUT2D eigenvalue weighted by Gasteiger charge is 2.44. The molecule has 0 bridgehead atoms. The van der Waals surface area contributed by atoms with Crippen molar-refractivity contribution in [3.8, 4) is 0 Å². The van der Waals surface area contributed by atoms with Gasteiger partial charge in [-0.2, -0.15) is 13.2 Å². The maximum Gasteiger partial charge on any atom is 0.403 e. The molecule has 0 aliphatic heterocycles. The maximum absolute atomic E-state index is 12.2. The van der Waals surface area contributed by atoms with Crippen molar-refractivity contribution in [3.05, 3.63) is 0 Å². The van der Waals surface area contributed by atoms with Gasteiger partial charge in [-0.3, -0.25) is 9.59 Å². The minimum atomic E-state index is -4.81. The first-order chi connectivity index (χ1) is 7.80. The number of carboxylic acids is 1. The molecule has 0 aromatic carbocycles. The first-order valence-corrected chi connectivity index (χ1v) is 5.10. The third-order valence-corrected chi connectivity index (χ3v) is 2.27. The standard InChI is InChI=1S/C9H13F3N2O3/c10-9(11,12)6(8(16)17)3-13-4-7(15)14-5-1-2-5/h5-6,13H,1-4H2,(H,14,15)(H,16,17). The van der Waals surface area contributed by atoms with E-state index in [2.05, 4.69) is 10.6 Å². The van der Waals surface area contributed by atoms with Gasteiger partial charge in [-0.05, 0) is 12.8 Å². The number of hydrogen-bond acceptors (Lipinski definition) is 3. The molecule has 3 N–H and O–H groups in total. The molecule has 0 saturated heterocycles. The number of carbonyl (C=O) groups is 2. The van der Waals surface area contributed by atoms with Crippen LogP contribution in [0.5, 0.6) is 0 Å². The number of alkyl halides is 3. The van der Waals surface area contributed by atoms with Crippen LogP contribution in [0.4, 0.5) is 13.2 Å². The highest BCUT2D eigenvalue weighted by Crippen LogP contribution is 2.25. The summed E-state index contributed by atoms with van der Waals surface area (Å²) >= 11 is 0. The lowest BCUT2D eigenvalue weighted by atomic mass is 10.1. The van der Waals surface area contributed by atoms with Crippen LogP contribution in [-0.2, 0) is 9.59 Å². The molecule has 1 aliphatic carbocycles. The largest absolute Gasteiger partial charge is 0.481 e. The number of hydrogen-bond donors (Lipinski definition) is 3. The van der Waals surface area contributed by atoms with Gasteiger partial charge >= 0.3 is 12.1 Å². The normalized spacial score (nSPS) is 17.6. The van der Waals surface area contributed by atoms with E-state index in [9.17, 15) is 22.8 Å². The van der Waals surface area contributed by atoms with E-state index in [-0.39, 0.29) is 12.6 Å². The predicted octanol–water partition coefficient (Wildman–Crippen LogP) is 0.118. The number of nitrogens with one attached hydrogen (secondary N) is 2. The van der Waals surface area contributed by atoms with Crippen molar-refractivity contribution in [3.63, 3.8) is 0 Å². The van der Waals surface area contributed by atoms with Crippen LogP contribution in [0.3, 0.4) is 0 Å². The van der Waals surface area contributed by atoms with Gasteiger partial charge in [0.2, 0.25) is 5.91 Å². The summed E-state index contributed by atoms with van der Waals surface area (Å²) in [5, 5.41) is 13.1. The molecule has 1 atom stereocenters. The quantitative estimate of drug-likeness (QED) is 0.629. The Morgan fingerprint density at radius 2 is 1.94 bits per heavy atom. The lowest BCUT2D eigenvalue weighted by molar-refractivity contribution is -0.192. The Kier molecular flexibility index (Phi) is 4.33. The number of carboxylic acid groups (broad SMARTS) is 1. The number of carbonyl (C=O) groups excluding carboxylic acids is 1. The van der Waals surface area contributed by atoms with Crippen LogP contribution < -0.4 is 10.6 Å². The van der Waals surface area contributed by atoms with E-state index >= 15 is 0 Å². The molecule has 1 saturated carbocycles. The van der Waals surface area contributed by atoms with E-state index in [4.69, 9.17) is 5.11 Å². The van der Waals surface area contributed by atoms with Crippen LogP contribution in [0, 0.1) is 5.92 Å². The average molecular weight is 254 g/mol. The Labute approximate surface area is 95.4 Å². The monoisotopic (exact) mass is 254 g/mol. The fraction of sp³-hybridized carbons (Fsp3) is 0.778. The van der Waals surface area contributed by atoms with E-state index in [0.717, 1.165) is 12.8 Å². The molecule has 0 spiro atoms. The third-order valence-electron chi connectivity index (χ3n) is 2.27. The van der Waals surface area contributed by atoms with Gasteiger partial charge in [0.15, 0.2) is 5.92 Å². The van der Waals surface area contributed by atoms with Crippen molar-refractivity contribution >= 4 is 11.9 Å². The molecule has 1 aliphatic rings. The van der Waals surface area contributed by atoms with Crippen LogP contribution >= 0.6 is 0 Å². The molecule has 0 aromatic heterocycles. The Morgan fingerprint density at radius 1 is 1.35 bits per heavy atom. The van der Waals surface area contributed by atoms with Crippen molar-refractivity contribution in [2.45, 2.75) is 25.1 Å². The SMILES string of the molecule is O=C(CNCC(C(=O)O)C(F)(F)F)NC1CC1. The van der Waals surface area contributed by atoms with Crippen molar-refractivity contribution in [1.82, 2.24) is 10.6 Å². The molecular formula is C9H13F3N2O3. The zero-order chi connectivity index (χ0) is 13.1. The van der Waals surface area contributed by atoms with E-state index < -0.39 is 30.5 Å². The first-order valence-electron chi connectivity index (χ1n) is 5.10. The summed E-state index contributed by atoms with van der Waals surface area (Å²) in [6.45, 7) is -1.12. The fourth-order valence-corrected chi connectivity index (χ4v) is 1.18. The lowest BCUT2D eigenvalue weighted by Gasteiger charge is -2.16. The highest BCUT2D eigenvalue weighted by molar-refractivity contribution is 5.78. The van der Waals surface area contributed by atoms with Gasteiger partial charge in [0.1, 0.15) is 0 Å². The van der Waals surface area contributed by atoms with Gasteiger partial charge in [0, 0.05) is 12.6 Å². The molecule has 1 amide bonds. The van der Waals surface area contributed by atoms with E-state index in [0.29, 0.717) is 0 Å². The summed E-state index contributed by atoms with van der Waals surface area (Å²) < 4.78 is 36.6. The summed E-state index contributed by atoms with van der Waals surface area (Å²) in [6.07, 6.45) is -3.05.